The number of ketones is 1. The minimum atomic E-state index is -1.87. The van der Waals surface area contributed by atoms with Crippen LogP contribution in [0.4, 0.5) is 10.1 Å². The quantitative estimate of drug-likeness (QED) is 0.559. The van der Waals surface area contributed by atoms with Crippen molar-refractivity contribution in [2.45, 2.75) is 78.6 Å². The van der Waals surface area contributed by atoms with Gasteiger partial charge in [-0.2, -0.15) is 0 Å². The summed E-state index contributed by atoms with van der Waals surface area (Å²) in [5, 5.41) is 3.55. The summed E-state index contributed by atoms with van der Waals surface area (Å²) in [6.45, 7) is 17.5. The lowest BCUT2D eigenvalue weighted by Crippen LogP contribution is -2.43. The summed E-state index contributed by atoms with van der Waals surface area (Å²) >= 11 is 0. The molecule has 0 saturated heterocycles. The third-order valence-corrected chi connectivity index (χ3v) is 9.72. The molecular formula is C21H36FNO2Si. The Morgan fingerprint density at radius 2 is 1.65 bits per heavy atom. The summed E-state index contributed by atoms with van der Waals surface area (Å²) < 4.78 is 19.5. The van der Waals surface area contributed by atoms with Gasteiger partial charge in [-0.25, -0.2) is 4.39 Å². The highest BCUT2D eigenvalue weighted by Gasteiger charge is 2.37. The molecule has 5 heteroatoms. The van der Waals surface area contributed by atoms with Crippen molar-refractivity contribution in [3.63, 3.8) is 0 Å². The summed E-state index contributed by atoms with van der Waals surface area (Å²) in [6.07, 6.45) is 1.20. The molecule has 0 fully saturated rings. The zero-order chi connectivity index (χ0) is 20.2. The van der Waals surface area contributed by atoms with E-state index in [0.717, 1.165) is 5.69 Å². The number of rotatable bonds is 8. The van der Waals surface area contributed by atoms with Crippen LogP contribution in [-0.2, 0) is 9.22 Å². The highest BCUT2D eigenvalue weighted by Crippen LogP contribution is 2.36. The van der Waals surface area contributed by atoms with Crippen LogP contribution in [0.1, 0.15) is 54.4 Å². The summed E-state index contributed by atoms with van der Waals surface area (Å²) in [5.41, 5.74) is 0.513. The molecule has 0 aromatic heterocycles. The Bertz CT molecular complexity index is 586. The molecule has 0 aliphatic carbocycles. The first-order valence-corrected chi connectivity index (χ1v) is 12.3. The van der Waals surface area contributed by atoms with E-state index in [4.69, 9.17) is 4.43 Å². The van der Waals surface area contributed by atoms with Crippen molar-refractivity contribution >= 4 is 19.8 Å². The van der Waals surface area contributed by atoms with Gasteiger partial charge in [0, 0.05) is 23.6 Å². The van der Waals surface area contributed by atoms with Gasteiger partial charge in [-0.1, -0.05) is 41.5 Å². The van der Waals surface area contributed by atoms with E-state index in [2.05, 4.69) is 39.2 Å². The Morgan fingerprint density at radius 3 is 2.12 bits per heavy atom. The van der Waals surface area contributed by atoms with E-state index in [1.807, 2.05) is 20.8 Å². The zero-order valence-corrected chi connectivity index (χ0v) is 18.7. The van der Waals surface area contributed by atoms with Gasteiger partial charge in [-0.05, 0) is 48.8 Å². The molecule has 1 atom stereocenters. The lowest BCUT2D eigenvalue weighted by atomic mass is 9.87. The molecule has 1 aromatic rings. The highest BCUT2D eigenvalue weighted by molar-refractivity contribution is 6.74. The molecule has 26 heavy (non-hydrogen) atoms. The van der Waals surface area contributed by atoms with Crippen molar-refractivity contribution in [3.05, 3.63) is 30.1 Å². The van der Waals surface area contributed by atoms with Gasteiger partial charge in [0.15, 0.2) is 8.32 Å². The van der Waals surface area contributed by atoms with Crippen LogP contribution in [0.25, 0.3) is 0 Å². The van der Waals surface area contributed by atoms with Gasteiger partial charge in [-0.3, -0.25) is 4.79 Å². The molecule has 0 amide bonds. The third kappa shape index (κ3) is 7.20. The normalized spacial score (nSPS) is 14.2. The van der Waals surface area contributed by atoms with Crippen molar-refractivity contribution in [1.29, 1.82) is 0 Å². The number of Topliss-reactive ketones (excluding diaryl/α,β-unsaturated/α-hetero) is 1. The summed E-state index contributed by atoms with van der Waals surface area (Å²) in [7, 11) is -1.87. The summed E-state index contributed by atoms with van der Waals surface area (Å²) in [4.78, 5) is 12.3. The van der Waals surface area contributed by atoms with Gasteiger partial charge in [-0.15, -0.1) is 0 Å². The van der Waals surface area contributed by atoms with Crippen LogP contribution in [0.2, 0.25) is 18.1 Å². The van der Waals surface area contributed by atoms with E-state index in [-0.39, 0.29) is 28.1 Å². The maximum Gasteiger partial charge on any atom is 0.192 e. The first kappa shape index (κ1) is 22.8. The molecule has 0 unspecified atom stereocenters. The van der Waals surface area contributed by atoms with Crippen LogP contribution in [0.3, 0.4) is 0 Å². The van der Waals surface area contributed by atoms with Crippen molar-refractivity contribution in [2.75, 3.05) is 11.9 Å². The minimum Gasteiger partial charge on any atom is -0.415 e. The molecule has 1 rings (SSSR count). The number of hydrogen-bond donors (Lipinski definition) is 1. The second-order valence-corrected chi connectivity index (χ2v) is 14.4. The summed E-state index contributed by atoms with van der Waals surface area (Å²) in [5.74, 6) is -0.0109. The number of anilines is 1. The fourth-order valence-electron chi connectivity index (χ4n) is 2.18. The second-order valence-electron chi connectivity index (χ2n) is 9.63. The predicted molar refractivity (Wildman–Crippen MR) is 111 cm³/mol. The highest BCUT2D eigenvalue weighted by atomic mass is 28.4. The lowest BCUT2D eigenvalue weighted by molar-refractivity contribution is -0.126. The zero-order valence-electron chi connectivity index (χ0n) is 17.7. The van der Waals surface area contributed by atoms with Gasteiger partial charge in [0.05, 0.1) is 6.61 Å². The van der Waals surface area contributed by atoms with Crippen molar-refractivity contribution < 1.29 is 13.6 Å². The molecule has 1 aromatic carbocycles. The van der Waals surface area contributed by atoms with Crippen molar-refractivity contribution in [2.24, 2.45) is 5.41 Å². The molecule has 0 bridgehead atoms. The second kappa shape index (κ2) is 8.66. The van der Waals surface area contributed by atoms with Crippen LogP contribution in [0.5, 0.6) is 0 Å². The van der Waals surface area contributed by atoms with E-state index >= 15 is 0 Å². The molecule has 3 nitrogen and oxygen atoms in total. The maximum absolute atomic E-state index is 13.2. The molecule has 0 spiro atoms. The standard InChI is InChI=1S/C21H36FNO2Si/c1-20(2,3)19(24)14-13-18(15-25-26(7,8)21(4,5)6)23-17-11-9-16(22)10-12-17/h9-12,18,23H,13-15H2,1-8H3/t18-/m0/s1. The SMILES string of the molecule is CC(C)(C)C(=O)CC[C@@H](CO[Si](C)(C)C(C)(C)C)Nc1ccc(F)cc1. The van der Waals surface area contributed by atoms with E-state index < -0.39 is 8.32 Å². The van der Waals surface area contributed by atoms with Crippen LogP contribution in [0.15, 0.2) is 24.3 Å². The van der Waals surface area contributed by atoms with Crippen molar-refractivity contribution in [1.82, 2.24) is 0 Å². The number of nitrogens with one attached hydrogen (secondary N) is 1. The number of carbonyl (C=O) groups excluding carboxylic acids is 1. The maximum atomic E-state index is 13.2. The number of carbonyl (C=O) groups is 1. The number of benzene rings is 1. The monoisotopic (exact) mass is 381 g/mol. The molecule has 0 aliphatic heterocycles. The minimum absolute atomic E-state index is 0.0147. The summed E-state index contributed by atoms with van der Waals surface area (Å²) in [6, 6.07) is 6.34. The number of halogens is 1. The average Bonchev–Trinajstić information content (AvgIpc) is 2.49. The van der Waals surface area contributed by atoms with E-state index in [9.17, 15) is 9.18 Å². The van der Waals surface area contributed by atoms with Crippen LogP contribution >= 0.6 is 0 Å². The molecule has 0 aliphatic rings. The van der Waals surface area contributed by atoms with Gasteiger partial charge in [0.25, 0.3) is 0 Å². The smallest absolute Gasteiger partial charge is 0.192 e. The Morgan fingerprint density at radius 1 is 1.12 bits per heavy atom. The first-order chi connectivity index (χ1) is 11.7. The third-order valence-electron chi connectivity index (χ3n) is 5.22. The fourth-order valence-corrected chi connectivity index (χ4v) is 3.24. The topological polar surface area (TPSA) is 38.3 Å². The van der Waals surface area contributed by atoms with Crippen LogP contribution in [-0.4, -0.2) is 26.7 Å². The number of hydrogen-bond acceptors (Lipinski definition) is 3. The van der Waals surface area contributed by atoms with Crippen LogP contribution in [0, 0.1) is 11.2 Å². The molecule has 0 saturated carbocycles. The lowest BCUT2D eigenvalue weighted by Gasteiger charge is -2.37. The first-order valence-electron chi connectivity index (χ1n) is 9.42. The Kier molecular flexibility index (Phi) is 7.60. The fraction of sp³-hybridized carbons (Fsp3) is 0.667. The van der Waals surface area contributed by atoms with Gasteiger partial charge >= 0.3 is 0 Å². The van der Waals surface area contributed by atoms with Crippen LogP contribution < -0.4 is 5.32 Å². The van der Waals surface area contributed by atoms with E-state index in [1.54, 1.807) is 12.1 Å². The molecule has 148 valence electrons. The largest absolute Gasteiger partial charge is 0.415 e. The van der Waals surface area contributed by atoms with Gasteiger partial charge in [0.2, 0.25) is 0 Å². The van der Waals surface area contributed by atoms with Crippen molar-refractivity contribution in [3.8, 4) is 0 Å². The molecule has 0 radical (unpaired) electrons. The van der Waals surface area contributed by atoms with E-state index in [0.29, 0.717) is 19.4 Å². The molecule has 1 N–H and O–H groups in total. The predicted octanol–water partition coefficient (Wildman–Crippen LogP) is 6.02. The molecule has 0 heterocycles. The average molecular weight is 382 g/mol. The Hall–Kier alpha value is -1.20. The van der Waals surface area contributed by atoms with Gasteiger partial charge < -0.3 is 9.74 Å². The Labute approximate surface area is 159 Å². The Balaban J connectivity index is 2.80. The van der Waals surface area contributed by atoms with E-state index in [1.165, 1.54) is 12.1 Å². The van der Waals surface area contributed by atoms with Gasteiger partial charge in [0.1, 0.15) is 11.6 Å². The molecular weight excluding hydrogens is 345 g/mol.